The fourth-order valence-electron chi connectivity index (χ4n) is 1.72. The van der Waals surface area contributed by atoms with Crippen molar-refractivity contribution in [2.45, 2.75) is 0 Å². The summed E-state index contributed by atoms with van der Waals surface area (Å²) in [4.78, 5) is 13.9. The van der Waals surface area contributed by atoms with Crippen LogP contribution in [0.25, 0.3) is 0 Å². The Morgan fingerprint density at radius 3 is 2.44 bits per heavy atom. The van der Waals surface area contributed by atoms with Gasteiger partial charge >= 0.3 is 0 Å². The molecular formula is C15H15NO2. The second kappa shape index (κ2) is 5.36. The molecule has 0 aliphatic heterocycles. The Morgan fingerprint density at radius 1 is 1.06 bits per heavy atom. The molecule has 2 aromatic carbocycles. The van der Waals surface area contributed by atoms with Crippen molar-refractivity contribution in [3.8, 4) is 5.75 Å². The monoisotopic (exact) mass is 241 g/mol. The number of benzene rings is 2. The minimum atomic E-state index is -0.0555. The third-order valence-electron chi connectivity index (χ3n) is 2.76. The first kappa shape index (κ1) is 12.2. The Kier molecular flexibility index (Phi) is 3.63. The molecule has 0 heterocycles. The molecule has 3 heteroatoms. The standard InChI is InChI=1S/C15H15NO2/c1-16(13-8-4-3-5-9-13)15(17)12-7-6-10-14(11-12)18-2/h3-11H,1-2H3. The highest BCUT2D eigenvalue weighted by atomic mass is 16.5. The fraction of sp³-hybridized carbons (Fsp3) is 0.133. The number of amides is 1. The van der Waals surface area contributed by atoms with Gasteiger partial charge in [-0.1, -0.05) is 24.3 Å². The van der Waals surface area contributed by atoms with Crippen LogP contribution in [0.3, 0.4) is 0 Å². The molecule has 0 atom stereocenters. The zero-order valence-electron chi connectivity index (χ0n) is 10.5. The van der Waals surface area contributed by atoms with Gasteiger partial charge in [-0.25, -0.2) is 0 Å². The Hall–Kier alpha value is -2.29. The summed E-state index contributed by atoms with van der Waals surface area (Å²) in [6, 6.07) is 16.7. The molecule has 92 valence electrons. The van der Waals surface area contributed by atoms with Crippen molar-refractivity contribution in [3.63, 3.8) is 0 Å². The molecule has 0 fully saturated rings. The van der Waals surface area contributed by atoms with E-state index in [1.807, 2.05) is 42.5 Å². The summed E-state index contributed by atoms with van der Waals surface area (Å²) < 4.78 is 5.12. The van der Waals surface area contributed by atoms with E-state index in [-0.39, 0.29) is 5.91 Å². The van der Waals surface area contributed by atoms with Gasteiger partial charge in [0.2, 0.25) is 0 Å². The smallest absolute Gasteiger partial charge is 0.258 e. The lowest BCUT2D eigenvalue weighted by atomic mass is 10.2. The first-order chi connectivity index (χ1) is 8.72. The average molecular weight is 241 g/mol. The van der Waals surface area contributed by atoms with Crippen LogP contribution in [0.1, 0.15) is 10.4 Å². The van der Waals surface area contributed by atoms with Crippen LogP contribution in [-0.4, -0.2) is 20.1 Å². The molecule has 0 unspecified atom stereocenters. The number of hydrogen-bond acceptors (Lipinski definition) is 2. The van der Waals surface area contributed by atoms with E-state index in [1.165, 1.54) is 0 Å². The van der Waals surface area contributed by atoms with E-state index in [1.54, 1.807) is 31.2 Å². The molecule has 0 bridgehead atoms. The molecule has 0 saturated heterocycles. The van der Waals surface area contributed by atoms with Gasteiger partial charge in [0.25, 0.3) is 5.91 Å². The zero-order chi connectivity index (χ0) is 13.0. The number of methoxy groups -OCH3 is 1. The third kappa shape index (κ3) is 2.51. The molecule has 0 saturated carbocycles. The van der Waals surface area contributed by atoms with E-state index >= 15 is 0 Å². The van der Waals surface area contributed by atoms with Crippen LogP contribution in [0.15, 0.2) is 54.6 Å². The average Bonchev–Trinajstić information content (AvgIpc) is 2.46. The maximum Gasteiger partial charge on any atom is 0.258 e. The number of carbonyl (C=O) groups is 1. The highest BCUT2D eigenvalue weighted by Crippen LogP contribution is 2.18. The van der Waals surface area contributed by atoms with Crippen molar-refractivity contribution in [1.29, 1.82) is 0 Å². The maximum absolute atomic E-state index is 12.3. The van der Waals surface area contributed by atoms with Crippen molar-refractivity contribution >= 4 is 11.6 Å². The second-order valence-corrected chi connectivity index (χ2v) is 3.93. The van der Waals surface area contributed by atoms with Gasteiger partial charge in [-0.05, 0) is 30.3 Å². The van der Waals surface area contributed by atoms with Gasteiger partial charge in [-0.15, -0.1) is 0 Å². The number of hydrogen-bond donors (Lipinski definition) is 0. The molecule has 2 rings (SSSR count). The first-order valence-corrected chi connectivity index (χ1v) is 5.69. The second-order valence-electron chi connectivity index (χ2n) is 3.93. The number of para-hydroxylation sites is 1. The van der Waals surface area contributed by atoms with E-state index in [0.717, 1.165) is 5.69 Å². The van der Waals surface area contributed by atoms with Crippen molar-refractivity contribution in [1.82, 2.24) is 0 Å². The highest BCUT2D eigenvalue weighted by molar-refractivity contribution is 6.05. The van der Waals surface area contributed by atoms with E-state index in [9.17, 15) is 4.79 Å². The summed E-state index contributed by atoms with van der Waals surface area (Å²) in [6.07, 6.45) is 0. The summed E-state index contributed by atoms with van der Waals surface area (Å²) in [7, 11) is 3.35. The predicted octanol–water partition coefficient (Wildman–Crippen LogP) is 2.97. The molecule has 0 aromatic heterocycles. The van der Waals surface area contributed by atoms with Gasteiger partial charge in [0.1, 0.15) is 5.75 Å². The van der Waals surface area contributed by atoms with Gasteiger partial charge in [0.15, 0.2) is 0 Å². The molecule has 0 aliphatic carbocycles. The summed E-state index contributed by atoms with van der Waals surface area (Å²) in [5.74, 6) is 0.627. The van der Waals surface area contributed by atoms with E-state index in [0.29, 0.717) is 11.3 Å². The zero-order valence-corrected chi connectivity index (χ0v) is 10.5. The van der Waals surface area contributed by atoms with Crippen molar-refractivity contribution in [3.05, 3.63) is 60.2 Å². The Bertz CT molecular complexity index is 537. The van der Waals surface area contributed by atoms with Gasteiger partial charge in [-0.2, -0.15) is 0 Å². The van der Waals surface area contributed by atoms with Crippen LogP contribution in [0.4, 0.5) is 5.69 Å². The maximum atomic E-state index is 12.3. The summed E-state index contributed by atoms with van der Waals surface area (Å²) >= 11 is 0. The van der Waals surface area contributed by atoms with Gasteiger partial charge in [0, 0.05) is 18.3 Å². The molecule has 0 spiro atoms. The number of anilines is 1. The molecule has 0 radical (unpaired) electrons. The lowest BCUT2D eigenvalue weighted by Gasteiger charge is -2.17. The van der Waals surface area contributed by atoms with Gasteiger partial charge < -0.3 is 9.64 Å². The number of nitrogens with zero attached hydrogens (tertiary/aromatic N) is 1. The summed E-state index contributed by atoms with van der Waals surface area (Å²) in [5.41, 5.74) is 1.48. The minimum Gasteiger partial charge on any atom is -0.497 e. The predicted molar refractivity (Wildman–Crippen MR) is 72.2 cm³/mol. The van der Waals surface area contributed by atoms with E-state index < -0.39 is 0 Å². The quantitative estimate of drug-likeness (QED) is 0.826. The summed E-state index contributed by atoms with van der Waals surface area (Å²) in [5, 5.41) is 0. The largest absolute Gasteiger partial charge is 0.497 e. The normalized spacial score (nSPS) is 9.89. The lowest BCUT2D eigenvalue weighted by molar-refractivity contribution is 0.0992. The molecule has 3 nitrogen and oxygen atoms in total. The van der Waals surface area contributed by atoms with E-state index in [4.69, 9.17) is 4.74 Å². The number of rotatable bonds is 3. The molecule has 0 aliphatic rings. The Labute approximate surface area is 107 Å². The van der Waals surface area contributed by atoms with E-state index in [2.05, 4.69) is 0 Å². The lowest BCUT2D eigenvalue weighted by Crippen LogP contribution is -2.26. The third-order valence-corrected chi connectivity index (χ3v) is 2.76. The van der Waals surface area contributed by atoms with Crippen LogP contribution in [-0.2, 0) is 0 Å². The number of carbonyl (C=O) groups excluding carboxylic acids is 1. The van der Waals surface area contributed by atoms with Crippen LogP contribution >= 0.6 is 0 Å². The van der Waals surface area contributed by atoms with Crippen LogP contribution in [0, 0.1) is 0 Å². The Morgan fingerprint density at radius 2 is 1.78 bits per heavy atom. The Balaban J connectivity index is 2.25. The minimum absolute atomic E-state index is 0.0555. The van der Waals surface area contributed by atoms with Crippen molar-refractivity contribution in [2.75, 3.05) is 19.1 Å². The fourth-order valence-corrected chi connectivity index (χ4v) is 1.72. The molecule has 18 heavy (non-hydrogen) atoms. The van der Waals surface area contributed by atoms with Crippen molar-refractivity contribution in [2.24, 2.45) is 0 Å². The van der Waals surface area contributed by atoms with Crippen molar-refractivity contribution < 1.29 is 9.53 Å². The molecule has 0 N–H and O–H groups in total. The van der Waals surface area contributed by atoms with Gasteiger partial charge in [-0.3, -0.25) is 4.79 Å². The molecular weight excluding hydrogens is 226 g/mol. The van der Waals surface area contributed by atoms with Crippen LogP contribution in [0.5, 0.6) is 5.75 Å². The molecule has 1 amide bonds. The number of ether oxygens (including phenoxy) is 1. The highest BCUT2D eigenvalue weighted by Gasteiger charge is 2.13. The topological polar surface area (TPSA) is 29.5 Å². The molecule has 2 aromatic rings. The van der Waals surface area contributed by atoms with Crippen LogP contribution in [0.2, 0.25) is 0 Å². The first-order valence-electron chi connectivity index (χ1n) is 5.69. The summed E-state index contributed by atoms with van der Waals surface area (Å²) in [6.45, 7) is 0. The van der Waals surface area contributed by atoms with Crippen LogP contribution < -0.4 is 9.64 Å². The SMILES string of the molecule is COc1cccc(C(=O)N(C)c2ccccc2)c1. The van der Waals surface area contributed by atoms with Gasteiger partial charge in [0.05, 0.1) is 7.11 Å².